The van der Waals surface area contributed by atoms with Crippen molar-refractivity contribution in [2.45, 2.75) is 38.6 Å². The van der Waals surface area contributed by atoms with Gasteiger partial charge < -0.3 is 10.6 Å². The highest BCUT2D eigenvalue weighted by Crippen LogP contribution is 2.41. The lowest BCUT2D eigenvalue weighted by Crippen LogP contribution is -2.32. The standard InChI is InChI=1S/C15H22N2/c1-11-2-5-15(13(8-11)6-7-16)17-10-12-3-4-14(17)9-12/h2,5,8,12,14H,3-4,6-7,9-10,16H2,1H3. The van der Waals surface area contributed by atoms with Crippen molar-refractivity contribution in [3.05, 3.63) is 29.3 Å². The molecule has 92 valence electrons. The molecule has 0 radical (unpaired) electrons. The van der Waals surface area contributed by atoms with Crippen molar-refractivity contribution in [2.24, 2.45) is 11.7 Å². The smallest absolute Gasteiger partial charge is 0.0402 e. The molecule has 2 heteroatoms. The summed E-state index contributed by atoms with van der Waals surface area (Å²) in [7, 11) is 0. The second-order valence-electron chi connectivity index (χ2n) is 5.66. The van der Waals surface area contributed by atoms with Gasteiger partial charge in [0.25, 0.3) is 0 Å². The summed E-state index contributed by atoms with van der Waals surface area (Å²) in [4.78, 5) is 2.64. The first kappa shape index (κ1) is 11.1. The molecule has 2 aliphatic rings. The first-order chi connectivity index (χ1) is 8.28. The van der Waals surface area contributed by atoms with Crippen LogP contribution in [0, 0.1) is 12.8 Å². The van der Waals surface area contributed by atoms with Crippen LogP contribution < -0.4 is 10.6 Å². The van der Waals surface area contributed by atoms with Gasteiger partial charge in [0.1, 0.15) is 0 Å². The lowest BCUT2D eigenvalue weighted by atomic mass is 10.0. The van der Waals surface area contributed by atoms with Crippen LogP contribution in [0.5, 0.6) is 0 Å². The summed E-state index contributed by atoms with van der Waals surface area (Å²) in [6.07, 6.45) is 5.25. The number of nitrogens with two attached hydrogens (primary N) is 1. The molecule has 2 fully saturated rings. The van der Waals surface area contributed by atoms with Crippen LogP contribution in [0.2, 0.25) is 0 Å². The minimum absolute atomic E-state index is 0.748. The Labute approximate surface area is 104 Å². The van der Waals surface area contributed by atoms with Gasteiger partial charge in [-0.25, -0.2) is 0 Å². The van der Waals surface area contributed by atoms with E-state index in [0.717, 1.165) is 24.9 Å². The molecule has 1 aromatic rings. The first-order valence-corrected chi connectivity index (χ1v) is 6.84. The summed E-state index contributed by atoms with van der Waals surface area (Å²) < 4.78 is 0. The molecule has 0 amide bonds. The van der Waals surface area contributed by atoms with Gasteiger partial charge >= 0.3 is 0 Å². The topological polar surface area (TPSA) is 29.3 Å². The van der Waals surface area contributed by atoms with Gasteiger partial charge in [-0.3, -0.25) is 0 Å². The summed E-state index contributed by atoms with van der Waals surface area (Å²) in [5, 5.41) is 0. The molecule has 1 heterocycles. The molecule has 3 rings (SSSR count). The van der Waals surface area contributed by atoms with E-state index in [1.807, 2.05) is 0 Å². The number of anilines is 1. The minimum atomic E-state index is 0.748. The maximum absolute atomic E-state index is 5.74. The van der Waals surface area contributed by atoms with Crippen LogP contribution in [-0.4, -0.2) is 19.1 Å². The third kappa shape index (κ3) is 1.95. The average Bonchev–Trinajstić information content (AvgIpc) is 2.91. The number of fused-ring (bicyclic) bond motifs is 2. The Hall–Kier alpha value is -1.02. The second kappa shape index (κ2) is 4.34. The Kier molecular flexibility index (Phi) is 2.83. The molecule has 1 aliphatic carbocycles. The van der Waals surface area contributed by atoms with Gasteiger partial charge in [0.2, 0.25) is 0 Å². The van der Waals surface area contributed by atoms with Gasteiger partial charge in [0.05, 0.1) is 0 Å². The Morgan fingerprint density at radius 3 is 2.88 bits per heavy atom. The predicted molar refractivity (Wildman–Crippen MR) is 72.4 cm³/mol. The second-order valence-corrected chi connectivity index (χ2v) is 5.66. The third-order valence-corrected chi connectivity index (χ3v) is 4.37. The molecule has 2 nitrogen and oxygen atoms in total. The largest absolute Gasteiger partial charge is 0.368 e. The fourth-order valence-corrected chi connectivity index (χ4v) is 3.57. The summed E-state index contributed by atoms with van der Waals surface area (Å²) in [5.74, 6) is 0.951. The quantitative estimate of drug-likeness (QED) is 0.864. The Morgan fingerprint density at radius 1 is 1.35 bits per heavy atom. The fraction of sp³-hybridized carbons (Fsp3) is 0.600. The number of hydrogen-bond donors (Lipinski definition) is 1. The van der Waals surface area contributed by atoms with Crippen molar-refractivity contribution in [3.63, 3.8) is 0 Å². The van der Waals surface area contributed by atoms with Crippen LogP contribution in [0.4, 0.5) is 5.69 Å². The van der Waals surface area contributed by atoms with Crippen LogP contribution in [0.15, 0.2) is 18.2 Å². The number of rotatable bonds is 3. The van der Waals surface area contributed by atoms with E-state index in [-0.39, 0.29) is 0 Å². The minimum Gasteiger partial charge on any atom is -0.368 e. The van der Waals surface area contributed by atoms with E-state index in [4.69, 9.17) is 5.73 Å². The van der Waals surface area contributed by atoms with E-state index < -0.39 is 0 Å². The first-order valence-electron chi connectivity index (χ1n) is 6.84. The maximum Gasteiger partial charge on any atom is 0.0402 e. The van der Waals surface area contributed by atoms with E-state index in [9.17, 15) is 0 Å². The number of benzene rings is 1. The number of aryl methyl sites for hydroxylation is 1. The zero-order chi connectivity index (χ0) is 11.8. The lowest BCUT2D eigenvalue weighted by molar-refractivity contribution is 0.552. The number of hydrogen-bond acceptors (Lipinski definition) is 2. The van der Waals surface area contributed by atoms with Gasteiger partial charge in [-0.1, -0.05) is 17.7 Å². The van der Waals surface area contributed by atoms with Crippen LogP contribution in [0.1, 0.15) is 30.4 Å². The molecule has 2 atom stereocenters. The van der Waals surface area contributed by atoms with Crippen molar-refractivity contribution in [3.8, 4) is 0 Å². The zero-order valence-electron chi connectivity index (χ0n) is 10.7. The summed E-state index contributed by atoms with van der Waals surface area (Å²) in [6, 6.07) is 7.66. The van der Waals surface area contributed by atoms with Gasteiger partial charge in [-0.05, 0) is 56.7 Å². The molecule has 1 aromatic carbocycles. The van der Waals surface area contributed by atoms with E-state index >= 15 is 0 Å². The van der Waals surface area contributed by atoms with E-state index in [1.165, 1.54) is 42.6 Å². The molecule has 1 saturated carbocycles. The van der Waals surface area contributed by atoms with Crippen molar-refractivity contribution < 1.29 is 0 Å². The fourth-order valence-electron chi connectivity index (χ4n) is 3.57. The van der Waals surface area contributed by atoms with Crippen LogP contribution in [-0.2, 0) is 6.42 Å². The molecule has 2 bridgehead atoms. The van der Waals surface area contributed by atoms with Crippen LogP contribution in [0.25, 0.3) is 0 Å². The van der Waals surface area contributed by atoms with Crippen LogP contribution in [0.3, 0.4) is 0 Å². The molecule has 2 N–H and O–H groups in total. The highest BCUT2D eigenvalue weighted by molar-refractivity contribution is 5.57. The molecule has 17 heavy (non-hydrogen) atoms. The van der Waals surface area contributed by atoms with Gasteiger partial charge in [0.15, 0.2) is 0 Å². The monoisotopic (exact) mass is 230 g/mol. The van der Waals surface area contributed by atoms with Crippen molar-refractivity contribution in [1.29, 1.82) is 0 Å². The summed E-state index contributed by atoms with van der Waals surface area (Å²) in [6.45, 7) is 4.18. The number of piperidine rings is 1. The molecule has 1 saturated heterocycles. The molecule has 1 aliphatic heterocycles. The zero-order valence-corrected chi connectivity index (χ0v) is 10.7. The SMILES string of the molecule is Cc1ccc(N2CC3CCC2C3)c(CCN)c1. The highest BCUT2D eigenvalue weighted by atomic mass is 15.2. The Balaban J connectivity index is 1.91. The predicted octanol–water partition coefficient (Wildman–Crippen LogP) is 2.48. The van der Waals surface area contributed by atoms with Crippen molar-refractivity contribution in [1.82, 2.24) is 0 Å². The normalized spacial score (nSPS) is 26.8. The molecule has 2 unspecified atom stereocenters. The molecule has 0 spiro atoms. The Morgan fingerprint density at radius 2 is 2.24 bits per heavy atom. The molecular weight excluding hydrogens is 208 g/mol. The van der Waals surface area contributed by atoms with E-state index in [1.54, 1.807) is 0 Å². The van der Waals surface area contributed by atoms with Gasteiger partial charge in [-0.15, -0.1) is 0 Å². The van der Waals surface area contributed by atoms with E-state index in [0.29, 0.717) is 0 Å². The lowest BCUT2D eigenvalue weighted by Gasteiger charge is -2.31. The van der Waals surface area contributed by atoms with E-state index in [2.05, 4.69) is 30.0 Å². The molecular formula is C15H22N2. The summed E-state index contributed by atoms with van der Waals surface area (Å²) in [5.41, 5.74) is 9.98. The molecule has 0 aromatic heterocycles. The maximum atomic E-state index is 5.74. The van der Waals surface area contributed by atoms with Crippen LogP contribution >= 0.6 is 0 Å². The van der Waals surface area contributed by atoms with Gasteiger partial charge in [0, 0.05) is 18.3 Å². The summed E-state index contributed by atoms with van der Waals surface area (Å²) >= 11 is 0. The Bertz CT molecular complexity index is 413. The van der Waals surface area contributed by atoms with Gasteiger partial charge in [-0.2, -0.15) is 0 Å². The third-order valence-electron chi connectivity index (χ3n) is 4.37. The van der Waals surface area contributed by atoms with Crippen molar-refractivity contribution >= 4 is 5.69 Å². The average molecular weight is 230 g/mol. The highest BCUT2D eigenvalue weighted by Gasteiger charge is 2.38. The number of nitrogens with zero attached hydrogens (tertiary/aromatic N) is 1. The van der Waals surface area contributed by atoms with Crippen molar-refractivity contribution in [2.75, 3.05) is 18.0 Å².